The van der Waals surface area contributed by atoms with Gasteiger partial charge in [0.2, 0.25) is 0 Å². The van der Waals surface area contributed by atoms with Crippen LogP contribution in [0.4, 0.5) is 4.79 Å². The minimum absolute atomic E-state index is 0.0447. The molecule has 0 aromatic carbocycles. The van der Waals surface area contributed by atoms with E-state index in [-0.39, 0.29) is 6.03 Å². The first-order valence-electron chi connectivity index (χ1n) is 5.84. The van der Waals surface area contributed by atoms with Crippen LogP contribution in [0, 0.1) is 11.8 Å². The van der Waals surface area contributed by atoms with Crippen LogP contribution in [0.5, 0.6) is 0 Å². The fraction of sp³-hybridized carbons (Fsp3) is 0.909. The molecule has 0 aromatic heterocycles. The first kappa shape index (κ1) is 12.3. The molecular formula is C11H23N3O. The Hall–Kier alpha value is -0.770. The number of rotatable bonds is 3. The summed E-state index contributed by atoms with van der Waals surface area (Å²) >= 11 is 0. The monoisotopic (exact) mass is 213 g/mol. The summed E-state index contributed by atoms with van der Waals surface area (Å²) in [6, 6.07) is 0.0447. The molecule has 1 aliphatic rings. The maximum atomic E-state index is 11.5. The van der Waals surface area contributed by atoms with Gasteiger partial charge in [-0.25, -0.2) is 4.79 Å². The average Bonchev–Trinajstić information content (AvgIpc) is 2.26. The molecule has 1 saturated heterocycles. The highest BCUT2D eigenvalue weighted by atomic mass is 16.2. The number of nitrogens with zero attached hydrogens (tertiary/aromatic N) is 1. The van der Waals surface area contributed by atoms with E-state index >= 15 is 0 Å². The molecule has 0 radical (unpaired) electrons. The van der Waals surface area contributed by atoms with E-state index in [1.54, 1.807) is 4.90 Å². The lowest BCUT2D eigenvalue weighted by Gasteiger charge is -2.30. The molecule has 1 aliphatic heterocycles. The third-order valence-corrected chi connectivity index (χ3v) is 3.30. The summed E-state index contributed by atoms with van der Waals surface area (Å²) in [5.41, 5.74) is 0. The zero-order valence-electron chi connectivity index (χ0n) is 10.0. The maximum absolute atomic E-state index is 11.5. The Morgan fingerprint density at radius 3 is 2.93 bits per heavy atom. The number of hydrogen-bond acceptors (Lipinski definition) is 2. The summed E-state index contributed by atoms with van der Waals surface area (Å²) in [5.74, 6) is 1.28. The second-order valence-electron chi connectivity index (χ2n) is 4.43. The van der Waals surface area contributed by atoms with Crippen LogP contribution in [0.25, 0.3) is 0 Å². The van der Waals surface area contributed by atoms with Crippen molar-refractivity contribution in [2.24, 2.45) is 11.8 Å². The van der Waals surface area contributed by atoms with Crippen LogP contribution >= 0.6 is 0 Å². The Morgan fingerprint density at radius 1 is 1.60 bits per heavy atom. The van der Waals surface area contributed by atoms with E-state index in [9.17, 15) is 4.79 Å². The van der Waals surface area contributed by atoms with Crippen molar-refractivity contribution in [1.82, 2.24) is 15.5 Å². The molecule has 0 aromatic rings. The largest absolute Gasteiger partial charge is 0.338 e. The lowest BCUT2D eigenvalue weighted by molar-refractivity contribution is 0.202. The lowest BCUT2D eigenvalue weighted by atomic mass is 9.88. The molecule has 2 N–H and O–H groups in total. The summed E-state index contributed by atoms with van der Waals surface area (Å²) in [4.78, 5) is 13.2. The van der Waals surface area contributed by atoms with Crippen LogP contribution < -0.4 is 10.6 Å². The first-order valence-corrected chi connectivity index (χ1v) is 5.84. The summed E-state index contributed by atoms with van der Waals surface area (Å²) in [5, 5.41) is 6.36. The van der Waals surface area contributed by atoms with Crippen molar-refractivity contribution in [3.05, 3.63) is 0 Å². The van der Waals surface area contributed by atoms with Gasteiger partial charge in [0.25, 0.3) is 0 Å². The zero-order valence-corrected chi connectivity index (χ0v) is 10.0. The van der Waals surface area contributed by atoms with Crippen LogP contribution in [-0.2, 0) is 0 Å². The molecule has 2 amide bonds. The van der Waals surface area contributed by atoms with Crippen molar-refractivity contribution in [3.8, 4) is 0 Å². The molecule has 0 saturated carbocycles. The van der Waals surface area contributed by atoms with E-state index in [0.717, 1.165) is 32.6 Å². The Bertz CT molecular complexity index is 208. The van der Waals surface area contributed by atoms with Gasteiger partial charge in [0.05, 0.1) is 0 Å². The second kappa shape index (κ2) is 5.95. The van der Waals surface area contributed by atoms with Gasteiger partial charge in [-0.05, 0) is 38.3 Å². The smallest absolute Gasteiger partial charge is 0.317 e. The second-order valence-corrected chi connectivity index (χ2v) is 4.43. The van der Waals surface area contributed by atoms with Gasteiger partial charge in [0.15, 0.2) is 0 Å². The fourth-order valence-corrected chi connectivity index (χ4v) is 1.87. The average molecular weight is 213 g/mol. The van der Waals surface area contributed by atoms with Crippen LogP contribution in [-0.4, -0.2) is 44.2 Å². The lowest BCUT2D eigenvalue weighted by Crippen LogP contribution is -2.44. The molecule has 88 valence electrons. The molecule has 0 aliphatic carbocycles. The molecule has 0 bridgehead atoms. The molecule has 0 spiro atoms. The minimum Gasteiger partial charge on any atom is -0.338 e. The number of hydrogen-bond donors (Lipinski definition) is 2. The van der Waals surface area contributed by atoms with Crippen molar-refractivity contribution in [3.63, 3.8) is 0 Å². The van der Waals surface area contributed by atoms with E-state index in [2.05, 4.69) is 17.6 Å². The summed E-state index contributed by atoms with van der Waals surface area (Å²) in [7, 11) is 1.82. The standard InChI is InChI=1S/C11H23N3O/c1-4-14(3)11(15)13-8-10-5-6-12-7-9(10)2/h9-10,12H,4-8H2,1-3H3,(H,13,15). The molecule has 2 atom stereocenters. The van der Waals surface area contributed by atoms with Crippen molar-refractivity contribution in [2.75, 3.05) is 33.2 Å². The Morgan fingerprint density at radius 2 is 2.33 bits per heavy atom. The summed E-state index contributed by atoms with van der Waals surface area (Å²) in [6.07, 6.45) is 1.16. The van der Waals surface area contributed by atoms with Gasteiger partial charge < -0.3 is 15.5 Å². The predicted molar refractivity (Wildman–Crippen MR) is 61.8 cm³/mol. The number of piperidine rings is 1. The predicted octanol–water partition coefficient (Wildman–Crippen LogP) is 0.893. The third kappa shape index (κ3) is 3.70. The molecule has 1 heterocycles. The molecule has 15 heavy (non-hydrogen) atoms. The molecule has 1 rings (SSSR count). The first-order chi connectivity index (χ1) is 7.15. The highest BCUT2D eigenvalue weighted by Gasteiger charge is 2.21. The molecule has 1 fully saturated rings. The van der Waals surface area contributed by atoms with Gasteiger partial charge in [-0.1, -0.05) is 6.92 Å². The Balaban J connectivity index is 2.26. The van der Waals surface area contributed by atoms with Crippen LogP contribution in [0.15, 0.2) is 0 Å². The number of nitrogens with one attached hydrogen (secondary N) is 2. The van der Waals surface area contributed by atoms with Crippen LogP contribution in [0.2, 0.25) is 0 Å². The highest BCUT2D eigenvalue weighted by molar-refractivity contribution is 5.73. The number of amides is 2. The summed E-state index contributed by atoms with van der Waals surface area (Å²) in [6.45, 7) is 7.94. The highest BCUT2D eigenvalue weighted by Crippen LogP contribution is 2.17. The number of urea groups is 1. The zero-order chi connectivity index (χ0) is 11.3. The van der Waals surface area contributed by atoms with Gasteiger partial charge in [0.1, 0.15) is 0 Å². The number of carbonyl (C=O) groups is 1. The molecule has 4 nitrogen and oxygen atoms in total. The van der Waals surface area contributed by atoms with Crippen molar-refractivity contribution < 1.29 is 4.79 Å². The SMILES string of the molecule is CCN(C)C(=O)NCC1CCNCC1C. The van der Waals surface area contributed by atoms with Crippen molar-refractivity contribution in [1.29, 1.82) is 0 Å². The maximum Gasteiger partial charge on any atom is 0.317 e. The van der Waals surface area contributed by atoms with Gasteiger partial charge in [-0.15, -0.1) is 0 Å². The van der Waals surface area contributed by atoms with E-state index in [1.165, 1.54) is 0 Å². The van der Waals surface area contributed by atoms with Gasteiger partial charge in [-0.2, -0.15) is 0 Å². The van der Waals surface area contributed by atoms with Crippen molar-refractivity contribution >= 4 is 6.03 Å². The van der Waals surface area contributed by atoms with Crippen LogP contribution in [0.3, 0.4) is 0 Å². The molecule has 4 heteroatoms. The molecular weight excluding hydrogens is 190 g/mol. The minimum atomic E-state index is 0.0447. The van der Waals surface area contributed by atoms with Crippen molar-refractivity contribution in [2.45, 2.75) is 20.3 Å². The normalized spacial score (nSPS) is 26.1. The van der Waals surface area contributed by atoms with E-state index < -0.39 is 0 Å². The van der Waals surface area contributed by atoms with E-state index in [0.29, 0.717) is 11.8 Å². The molecule has 2 unspecified atom stereocenters. The van der Waals surface area contributed by atoms with Gasteiger partial charge in [-0.3, -0.25) is 0 Å². The van der Waals surface area contributed by atoms with E-state index in [1.807, 2.05) is 14.0 Å². The Labute approximate surface area is 92.4 Å². The Kier molecular flexibility index (Phi) is 4.88. The van der Waals surface area contributed by atoms with Gasteiger partial charge in [0, 0.05) is 20.1 Å². The third-order valence-electron chi connectivity index (χ3n) is 3.30. The summed E-state index contributed by atoms with van der Waals surface area (Å²) < 4.78 is 0. The number of carbonyl (C=O) groups excluding carboxylic acids is 1. The quantitative estimate of drug-likeness (QED) is 0.731. The topological polar surface area (TPSA) is 44.4 Å². The van der Waals surface area contributed by atoms with E-state index in [4.69, 9.17) is 0 Å². The van der Waals surface area contributed by atoms with Crippen LogP contribution in [0.1, 0.15) is 20.3 Å². The van der Waals surface area contributed by atoms with Gasteiger partial charge >= 0.3 is 6.03 Å². The fourth-order valence-electron chi connectivity index (χ4n) is 1.87.